The molecule has 3 rings (SSSR count). The molecule has 22 heavy (non-hydrogen) atoms. The fraction of sp³-hybridized carbons (Fsp3) is 0.267. The molecule has 7 heteroatoms. The minimum absolute atomic E-state index is 0.294. The molecule has 0 saturated heterocycles. The molecule has 1 aliphatic heterocycles. The van der Waals surface area contributed by atoms with Crippen LogP contribution in [0.15, 0.2) is 42.9 Å². The molecule has 0 spiro atoms. The molecular formula is C15H15ClN4O2. The van der Waals surface area contributed by atoms with E-state index in [0.717, 1.165) is 5.56 Å². The first-order chi connectivity index (χ1) is 10.6. The summed E-state index contributed by atoms with van der Waals surface area (Å²) >= 11 is 6.32. The molecular weight excluding hydrogens is 304 g/mol. The third-order valence-electron chi connectivity index (χ3n) is 3.56. The van der Waals surface area contributed by atoms with Crippen molar-refractivity contribution >= 4 is 23.5 Å². The number of esters is 1. The summed E-state index contributed by atoms with van der Waals surface area (Å²) in [4.78, 5) is 16.5. The average Bonchev–Trinajstić information content (AvgIpc) is 2.94. The van der Waals surface area contributed by atoms with Gasteiger partial charge in [-0.2, -0.15) is 10.1 Å². The fourth-order valence-corrected chi connectivity index (χ4v) is 2.87. The molecule has 0 radical (unpaired) electrons. The molecule has 0 aliphatic carbocycles. The van der Waals surface area contributed by atoms with Crippen molar-refractivity contribution in [2.45, 2.75) is 13.0 Å². The van der Waals surface area contributed by atoms with Gasteiger partial charge in [0.1, 0.15) is 18.3 Å². The minimum Gasteiger partial charge on any atom is -0.465 e. The molecule has 1 aromatic heterocycles. The van der Waals surface area contributed by atoms with Gasteiger partial charge >= 0.3 is 5.97 Å². The highest BCUT2D eigenvalue weighted by atomic mass is 35.5. The number of hydrogen-bond donors (Lipinski definition) is 1. The molecule has 0 saturated carbocycles. The first-order valence-electron chi connectivity index (χ1n) is 6.90. The standard InChI is InChI=1S/C15H15ClN4O2/c1-3-22-14(21)12-9(2)19-15-17-8-18-20(15)13(12)10-6-4-5-7-11(10)16/h4-8,12-13H,2-3H2,1H3,(H,17,18,19). The molecule has 1 N–H and O–H groups in total. The van der Waals surface area contributed by atoms with Gasteiger partial charge in [-0.05, 0) is 18.6 Å². The second-order valence-electron chi connectivity index (χ2n) is 4.87. The van der Waals surface area contributed by atoms with E-state index in [2.05, 4.69) is 22.0 Å². The molecule has 6 nitrogen and oxygen atoms in total. The van der Waals surface area contributed by atoms with Crippen LogP contribution >= 0.6 is 11.6 Å². The molecule has 0 fully saturated rings. The van der Waals surface area contributed by atoms with Crippen molar-refractivity contribution in [1.82, 2.24) is 14.8 Å². The minimum atomic E-state index is -0.631. The van der Waals surface area contributed by atoms with Gasteiger partial charge in [0.15, 0.2) is 0 Å². The third kappa shape index (κ3) is 2.35. The lowest BCUT2D eigenvalue weighted by atomic mass is 9.89. The number of aromatic nitrogens is 3. The Balaban J connectivity index is 2.14. The van der Waals surface area contributed by atoms with Gasteiger partial charge in [0, 0.05) is 10.7 Å². The van der Waals surface area contributed by atoms with Crippen LogP contribution < -0.4 is 5.32 Å². The Labute approximate surface area is 132 Å². The maximum absolute atomic E-state index is 12.4. The maximum atomic E-state index is 12.4. The zero-order chi connectivity index (χ0) is 15.7. The van der Waals surface area contributed by atoms with Gasteiger partial charge in [-0.15, -0.1) is 0 Å². The van der Waals surface area contributed by atoms with E-state index < -0.39 is 12.0 Å². The lowest BCUT2D eigenvalue weighted by Gasteiger charge is -2.33. The highest BCUT2D eigenvalue weighted by molar-refractivity contribution is 6.31. The summed E-state index contributed by atoms with van der Waals surface area (Å²) in [6.07, 6.45) is 1.42. The Hall–Kier alpha value is -2.34. The van der Waals surface area contributed by atoms with Crippen LogP contribution in [0.5, 0.6) is 0 Å². The SMILES string of the molecule is C=C1Nc2ncnn2C(c2ccccc2Cl)C1C(=O)OCC. The summed E-state index contributed by atoms with van der Waals surface area (Å²) < 4.78 is 6.83. The van der Waals surface area contributed by atoms with E-state index in [9.17, 15) is 4.79 Å². The second kappa shape index (κ2) is 5.81. The van der Waals surface area contributed by atoms with Crippen LogP contribution in [0.1, 0.15) is 18.5 Å². The average molecular weight is 319 g/mol. The van der Waals surface area contributed by atoms with Crippen LogP contribution in [0.3, 0.4) is 0 Å². The normalized spacial score (nSPS) is 20.2. The Morgan fingerprint density at radius 2 is 2.27 bits per heavy atom. The number of rotatable bonds is 3. The zero-order valence-electron chi connectivity index (χ0n) is 12.0. The van der Waals surface area contributed by atoms with Crippen molar-refractivity contribution < 1.29 is 9.53 Å². The zero-order valence-corrected chi connectivity index (χ0v) is 12.7. The highest BCUT2D eigenvalue weighted by Crippen LogP contribution is 2.40. The van der Waals surface area contributed by atoms with Gasteiger partial charge in [0.2, 0.25) is 5.95 Å². The van der Waals surface area contributed by atoms with E-state index in [1.807, 2.05) is 18.2 Å². The quantitative estimate of drug-likeness (QED) is 0.881. The first-order valence-corrected chi connectivity index (χ1v) is 7.27. The molecule has 2 atom stereocenters. The van der Waals surface area contributed by atoms with Gasteiger partial charge in [-0.25, -0.2) is 4.68 Å². The lowest BCUT2D eigenvalue weighted by Crippen LogP contribution is -2.38. The topological polar surface area (TPSA) is 69.0 Å². The van der Waals surface area contributed by atoms with E-state index in [1.54, 1.807) is 17.7 Å². The van der Waals surface area contributed by atoms with Crippen LogP contribution in [0.2, 0.25) is 5.02 Å². The molecule has 1 aromatic carbocycles. The first kappa shape index (κ1) is 14.6. The fourth-order valence-electron chi connectivity index (χ4n) is 2.63. The van der Waals surface area contributed by atoms with Crippen molar-refractivity contribution in [3.63, 3.8) is 0 Å². The molecule has 2 heterocycles. The molecule has 2 aromatic rings. The largest absolute Gasteiger partial charge is 0.465 e. The van der Waals surface area contributed by atoms with Gasteiger partial charge < -0.3 is 10.1 Å². The number of benzene rings is 1. The number of halogens is 1. The Kier molecular flexibility index (Phi) is 3.85. The summed E-state index contributed by atoms with van der Waals surface area (Å²) in [6.45, 7) is 6.01. The third-order valence-corrected chi connectivity index (χ3v) is 3.91. The number of carbonyl (C=O) groups is 1. The predicted octanol–water partition coefficient (Wildman–Crippen LogP) is 2.64. The number of nitrogens with zero attached hydrogens (tertiary/aromatic N) is 3. The number of hydrogen-bond acceptors (Lipinski definition) is 5. The monoisotopic (exact) mass is 318 g/mol. The summed E-state index contributed by atoms with van der Waals surface area (Å²) in [5.74, 6) is -0.476. The molecule has 0 bridgehead atoms. The van der Waals surface area contributed by atoms with Gasteiger partial charge in [0.05, 0.1) is 6.61 Å². The van der Waals surface area contributed by atoms with Crippen molar-refractivity contribution in [2.24, 2.45) is 5.92 Å². The molecule has 114 valence electrons. The van der Waals surface area contributed by atoms with E-state index in [4.69, 9.17) is 16.3 Å². The van der Waals surface area contributed by atoms with Gasteiger partial charge in [-0.1, -0.05) is 36.4 Å². The molecule has 2 unspecified atom stereocenters. The number of carbonyl (C=O) groups excluding carboxylic acids is 1. The van der Waals surface area contributed by atoms with Crippen LogP contribution in [0.4, 0.5) is 5.95 Å². The summed E-state index contributed by atoms with van der Waals surface area (Å²) in [5, 5.41) is 7.77. The number of ether oxygens (including phenoxy) is 1. The van der Waals surface area contributed by atoms with Crippen molar-refractivity contribution in [2.75, 3.05) is 11.9 Å². The maximum Gasteiger partial charge on any atom is 0.317 e. The Bertz CT molecular complexity index is 728. The summed E-state index contributed by atoms with van der Waals surface area (Å²) in [7, 11) is 0. The highest BCUT2D eigenvalue weighted by Gasteiger charge is 2.41. The molecule has 1 aliphatic rings. The number of fused-ring (bicyclic) bond motifs is 1. The van der Waals surface area contributed by atoms with E-state index in [-0.39, 0.29) is 5.97 Å². The Morgan fingerprint density at radius 3 is 3.00 bits per heavy atom. The molecule has 0 amide bonds. The van der Waals surface area contributed by atoms with Crippen LogP contribution in [-0.4, -0.2) is 27.3 Å². The van der Waals surface area contributed by atoms with E-state index >= 15 is 0 Å². The van der Waals surface area contributed by atoms with Crippen LogP contribution in [-0.2, 0) is 9.53 Å². The predicted molar refractivity (Wildman–Crippen MR) is 82.5 cm³/mol. The van der Waals surface area contributed by atoms with Gasteiger partial charge in [0.25, 0.3) is 0 Å². The second-order valence-corrected chi connectivity index (χ2v) is 5.28. The number of nitrogens with one attached hydrogen (secondary N) is 1. The Morgan fingerprint density at radius 1 is 1.50 bits per heavy atom. The van der Waals surface area contributed by atoms with Crippen molar-refractivity contribution in [1.29, 1.82) is 0 Å². The van der Waals surface area contributed by atoms with E-state index in [1.165, 1.54) is 6.33 Å². The summed E-state index contributed by atoms with van der Waals surface area (Å²) in [6, 6.07) is 6.90. The number of anilines is 1. The van der Waals surface area contributed by atoms with Crippen LogP contribution in [0.25, 0.3) is 0 Å². The van der Waals surface area contributed by atoms with Crippen molar-refractivity contribution in [3.05, 3.63) is 53.5 Å². The van der Waals surface area contributed by atoms with E-state index in [0.29, 0.717) is 23.3 Å². The lowest BCUT2D eigenvalue weighted by molar-refractivity contribution is -0.147. The van der Waals surface area contributed by atoms with Crippen molar-refractivity contribution in [3.8, 4) is 0 Å². The summed E-state index contributed by atoms with van der Waals surface area (Å²) in [5.41, 5.74) is 1.29. The smallest absolute Gasteiger partial charge is 0.317 e. The van der Waals surface area contributed by atoms with Crippen LogP contribution in [0, 0.1) is 5.92 Å². The van der Waals surface area contributed by atoms with Gasteiger partial charge in [-0.3, -0.25) is 4.79 Å².